The van der Waals surface area contributed by atoms with Crippen LogP contribution in [0.2, 0.25) is 0 Å². The molecule has 0 saturated heterocycles. The van der Waals surface area contributed by atoms with E-state index in [1.54, 1.807) is 6.07 Å². The van der Waals surface area contributed by atoms with Gasteiger partial charge in [-0.1, -0.05) is 13.3 Å². The molecule has 16 heavy (non-hydrogen) atoms. The molecule has 3 unspecified atom stereocenters. The summed E-state index contributed by atoms with van der Waals surface area (Å²) in [6.07, 6.45) is 1.89. The van der Waals surface area contributed by atoms with Crippen LogP contribution in [-0.2, 0) is 10.8 Å². The summed E-state index contributed by atoms with van der Waals surface area (Å²) in [5, 5.41) is 3.23. The Labute approximate surface area is 97.7 Å². The zero-order valence-electron chi connectivity index (χ0n) is 9.50. The van der Waals surface area contributed by atoms with E-state index < -0.39 is 10.8 Å². The second-order valence-electron chi connectivity index (χ2n) is 4.07. The molecular weight excluding hydrogens is 225 g/mol. The van der Waals surface area contributed by atoms with Gasteiger partial charge < -0.3 is 5.32 Å². The third kappa shape index (κ3) is 1.80. The lowest BCUT2D eigenvalue weighted by molar-refractivity contribution is 0.530. The van der Waals surface area contributed by atoms with Crippen molar-refractivity contribution in [2.75, 3.05) is 7.05 Å². The molecule has 1 aromatic carbocycles. The van der Waals surface area contributed by atoms with Crippen molar-refractivity contribution in [1.29, 1.82) is 0 Å². The molecular formula is C12H16FNOS. The number of halogens is 1. The van der Waals surface area contributed by atoms with Gasteiger partial charge in [0.15, 0.2) is 0 Å². The number of benzene rings is 1. The minimum absolute atomic E-state index is 0.0199. The number of rotatable bonds is 3. The molecule has 1 aromatic rings. The van der Waals surface area contributed by atoms with E-state index in [4.69, 9.17) is 0 Å². The lowest BCUT2D eigenvalue weighted by Gasteiger charge is -2.17. The van der Waals surface area contributed by atoms with E-state index in [2.05, 4.69) is 12.2 Å². The van der Waals surface area contributed by atoms with Gasteiger partial charge in [0, 0.05) is 10.9 Å². The second kappa shape index (κ2) is 4.63. The summed E-state index contributed by atoms with van der Waals surface area (Å²) in [7, 11) is 0.835. The van der Waals surface area contributed by atoms with Gasteiger partial charge in [-0.25, -0.2) is 4.39 Å². The Balaban J connectivity index is 2.43. The molecule has 0 aliphatic carbocycles. The summed E-state index contributed by atoms with van der Waals surface area (Å²) < 4.78 is 25.4. The lowest BCUT2D eigenvalue weighted by Crippen LogP contribution is -2.26. The van der Waals surface area contributed by atoms with Crippen LogP contribution in [0.5, 0.6) is 0 Å². The van der Waals surface area contributed by atoms with E-state index in [9.17, 15) is 8.60 Å². The van der Waals surface area contributed by atoms with Crippen LogP contribution in [0, 0.1) is 5.82 Å². The summed E-state index contributed by atoms with van der Waals surface area (Å²) in [6, 6.07) is 4.56. The summed E-state index contributed by atoms with van der Waals surface area (Å²) in [4.78, 5) is 0.791. The molecule has 0 aromatic heterocycles. The molecule has 0 bridgehead atoms. The molecule has 1 N–H and O–H groups in total. The Hall–Kier alpha value is -0.740. The summed E-state index contributed by atoms with van der Waals surface area (Å²) in [6.45, 7) is 2.08. The molecule has 0 saturated carbocycles. The fourth-order valence-corrected chi connectivity index (χ4v) is 4.26. The van der Waals surface area contributed by atoms with Crippen LogP contribution in [-0.4, -0.2) is 16.5 Å². The van der Waals surface area contributed by atoms with Crippen molar-refractivity contribution < 1.29 is 8.60 Å². The largest absolute Gasteiger partial charge is 0.312 e. The van der Waals surface area contributed by atoms with Crippen molar-refractivity contribution in [1.82, 2.24) is 5.32 Å². The van der Waals surface area contributed by atoms with E-state index >= 15 is 0 Å². The van der Waals surface area contributed by atoms with E-state index in [1.165, 1.54) is 12.1 Å². The molecule has 2 rings (SSSR count). The van der Waals surface area contributed by atoms with Crippen LogP contribution in [0.25, 0.3) is 0 Å². The maximum absolute atomic E-state index is 13.2. The molecule has 2 nitrogen and oxygen atoms in total. The Bertz CT molecular complexity index is 421. The molecule has 88 valence electrons. The fraction of sp³-hybridized carbons (Fsp3) is 0.500. The summed E-state index contributed by atoms with van der Waals surface area (Å²) in [5.41, 5.74) is 0.860. The first-order valence-corrected chi connectivity index (χ1v) is 6.77. The molecule has 1 aliphatic rings. The first-order chi connectivity index (χ1) is 7.69. The maximum atomic E-state index is 13.2. The predicted octanol–water partition coefficient (Wildman–Crippen LogP) is 2.38. The van der Waals surface area contributed by atoms with Gasteiger partial charge in [0.1, 0.15) is 5.82 Å². The van der Waals surface area contributed by atoms with Gasteiger partial charge in [-0.3, -0.25) is 4.21 Å². The van der Waals surface area contributed by atoms with Crippen molar-refractivity contribution in [2.45, 2.75) is 36.0 Å². The van der Waals surface area contributed by atoms with Gasteiger partial charge in [-0.2, -0.15) is 0 Å². The van der Waals surface area contributed by atoms with Crippen molar-refractivity contribution in [2.24, 2.45) is 0 Å². The van der Waals surface area contributed by atoms with Crippen molar-refractivity contribution in [3.63, 3.8) is 0 Å². The van der Waals surface area contributed by atoms with Crippen LogP contribution in [0.4, 0.5) is 4.39 Å². The summed E-state index contributed by atoms with van der Waals surface area (Å²) in [5.74, 6) is -0.256. The third-order valence-corrected chi connectivity index (χ3v) is 4.92. The van der Waals surface area contributed by atoms with Gasteiger partial charge >= 0.3 is 0 Å². The highest BCUT2D eigenvalue weighted by molar-refractivity contribution is 7.86. The molecule has 4 heteroatoms. The topological polar surface area (TPSA) is 29.1 Å². The number of fused-ring (bicyclic) bond motifs is 1. The Morgan fingerprint density at radius 3 is 2.88 bits per heavy atom. The van der Waals surface area contributed by atoms with Gasteiger partial charge in [-0.15, -0.1) is 0 Å². The van der Waals surface area contributed by atoms with Crippen LogP contribution in [0.1, 0.15) is 31.4 Å². The Morgan fingerprint density at radius 1 is 1.50 bits per heavy atom. The van der Waals surface area contributed by atoms with E-state index in [0.29, 0.717) is 0 Å². The smallest absolute Gasteiger partial charge is 0.123 e. The van der Waals surface area contributed by atoms with Gasteiger partial charge in [0.05, 0.1) is 16.0 Å². The standard InChI is InChI=1S/C12H16FNOS/c1-3-4-11-12(14-2)9-7-8(13)5-6-10(9)16(11)15/h5-7,11-12,14H,3-4H2,1-2H3. The van der Waals surface area contributed by atoms with Crippen LogP contribution < -0.4 is 5.32 Å². The SMILES string of the molecule is CCCC1C(NC)c2cc(F)ccc2S1=O. The first-order valence-electron chi connectivity index (χ1n) is 5.56. The minimum Gasteiger partial charge on any atom is -0.312 e. The molecule has 3 atom stereocenters. The number of nitrogens with one attached hydrogen (secondary N) is 1. The molecule has 0 spiro atoms. The van der Waals surface area contributed by atoms with Crippen molar-refractivity contribution in [3.8, 4) is 0 Å². The maximum Gasteiger partial charge on any atom is 0.123 e. The quantitative estimate of drug-likeness (QED) is 0.880. The van der Waals surface area contributed by atoms with E-state index in [0.717, 1.165) is 23.3 Å². The van der Waals surface area contributed by atoms with E-state index in [-0.39, 0.29) is 17.1 Å². The van der Waals surface area contributed by atoms with Gasteiger partial charge in [0.25, 0.3) is 0 Å². The van der Waals surface area contributed by atoms with Crippen LogP contribution in [0.15, 0.2) is 23.1 Å². The number of hydrogen-bond acceptors (Lipinski definition) is 2. The Morgan fingerprint density at radius 2 is 2.25 bits per heavy atom. The van der Waals surface area contributed by atoms with Crippen LogP contribution in [0.3, 0.4) is 0 Å². The lowest BCUT2D eigenvalue weighted by atomic mass is 10.0. The highest BCUT2D eigenvalue weighted by Crippen LogP contribution is 2.38. The Kier molecular flexibility index (Phi) is 3.40. The minimum atomic E-state index is -1.00. The van der Waals surface area contributed by atoms with Crippen molar-refractivity contribution in [3.05, 3.63) is 29.6 Å². The monoisotopic (exact) mass is 241 g/mol. The van der Waals surface area contributed by atoms with Gasteiger partial charge in [-0.05, 0) is 37.2 Å². The molecule has 1 heterocycles. The van der Waals surface area contributed by atoms with Crippen LogP contribution >= 0.6 is 0 Å². The fourth-order valence-electron chi connectivity index (χ4n) is 2.33. The molecule has 0 amide bonds. The highest BCUT2D eigenvalue weighted by Gasteiger charge is 2.37. The third-order valence-electron chi connectivity index (χ3n) is 3.05. The summed E-state index contributed by atoms with van der Waals surface area (Å²) >= 11 is 0. The van der Waals surface area contributed by atoms with E-state index in [1.807, 2.05) is 7.05 Å². The molecule has 0 radical (unpaired) electrons. The average Bonchev–Trinajstić information content (AvgIpc) is 2.52. The zero-order chi connectivity index (χ0) is 11.7. The first kappa shape index (κ1) is 11.7. The average molecular weight is 241 g/mol. The highest BCUT2D eigenvalue weighted by atomic mass is 32.2. The zero-order valence-corrected chi connectivity index (χ0v) is 10.3. The van der Waals surface area contributed by atoms with Gasteiger partial charge in [0.2, 0.25) is 0 Å². The normalized spacial score (nSPS) is 28.1. The molecule has 0 fully saturated rings. The number of hydrogen-bond donors (Lipinski definition) is 1. The van der Waals surface area contributed by atoms with Crippen molar-refractivity contribution >= 4 is 10.8 Å². The molecule has 1 aliphatic heterocycles. The predicted molar refractivity (Wildman–Crippen MR) is 63.3 cm³/mol. The second-order valence-corrected chi connectivity index (χ2v) is 5.71.